The maximum absolute atomic E-state index is 6.00. The first kappa shape index (κ1) is 16.4. The van der Waals surface area contributed by atoms with Gasteiger partial charge in [-0.1, -0.05) is 51.8 Å². The molecule has 0 radical (unpaired) electrons. The third-order valence-corrected chi connectivity index (χ3v) is 4.69. The summed E-state index contributed by atoms with van der Waals surface area (Å²) in [4.78, 5) is 0. The standard InChI is InChI=1S/C19H31NO/c1-4-13-20-19(16-11-8-9-15(16)3)17-10-6-7-12-18(17)21-14-5-2/h6-7,10,12,15-16,19-20H,4-5,8-9,11,13-14H2,1-3H3. The molecule has 0 aromatic heterocycles. The fraction of sp³-hybridized carbons (Fsp3) is 0.684. The van der Waals surface area contributed by atoms with Crippen molar-refractivity contribution in [3.05, 3.63) is 29.8 Å². The number of rotatable bonds is 8. The molecule has 0 heterocycles. The van der Waals surface area contributed by atoms with E-state index in [9.17, 15) is 0 Å². The minimum atomic E-state index is 0.440. The molecule has 0 amide bonds. The van der Waals surface area contributed by atoms with Crippen molar-refractivity contribution in [1.29, 1.82) is 0 Å². The van der Waals surface area contributed by atoms with E-state index in [1.54, 1.807) is 0 Å². The molecule has 0 spiro atoms. The summed E-state index contributed by atoms with van der Waals surface area (Å²) >= 11 is 0. The molecule has 1 saturated carbocycles. The number of nitrogens with one attached hydrogen (secondary N) is 1. The fourth-order valence-corrected chi connectivity index (χ4v) is 3.54. The summed E-state index contributed by atoms with van der Waals surface area (Å²) in [6, 6.07) is 9.06. The van der Waals surface area contributed by atoms with Crippen LogP contribution in [-0.4, -0.2) is 13.2 Å². The van der Waals surface area contributed by atoms with Gasteiger partial charge in [0.15, 0.2) is 0 Å². The van der Waals surface area contributed by atoms with Crippen molar-refractivity contribution in [1.82, 2.24) is 5.32 Å². The molecule has 2 heteroatoms. The van der Waals surface area contributed by atoms with E-state index in [2.05, 4.69) is 50.4 Å². The van der Waals surface area contributed by atoms with Crippen molar-refractivity contribution in [2.24, 2.45) is 11.8 Å². The summed E-state index contributed by atoms with van der Waals surface area (Å²) in [5, 5.41) is 3.79. The Balaban J connectivity index is 2.22. The molecule has 1 aromatic rings. The molecule has 2 rings (SSSR count). The normalized spacial score (nSPS) is 23.2. The molecule has 3 atom stereocenters. The second-order valence-electron chi connectivity index (χ2n) is 6.39. The Morgan fingerprint density at radius 3 is 2.67 bits per heavy atom. The van der Waals surface area contributed by atoms with Gasteiger partial charge in [0.1, 0.15) is 5.75 Å². The van der Waals surface area contributed by atoms with Crippen LogP contribution in [0.1, 0.15) is 64.5 Å². The lowest BCUT2D eigenvalue weighted by Crippen LogP contribution is -2.30. The van der Waals surface area contributed by atoms with E-state index >= 15 is 0 Å². The van der Waals surface area contributed by atoms with Crippen LogP contribution in [-0.2, 0) is 0 Å². The van der Waals surface area contributed by atoms with Gasteiger partial charge in [-0.25, -0.2) is 0 Å². The summed E-state index contributed by atoms with van der Waals surface area (Å²) in [6.07, 6.45) is 6.31. The molecule has 1 aliphatic carbocycles. The summed E-state index contributed by atoms with van der Waals surface area (Å²) in [5.74, 6) is 2.62. The van der Waals surface area contributed by atoms with Crippen LogP contribution in [0, 0.1) is 11.8 Å². The lowest BCUT2D eigenvalue weighted by atomic mass is 9.85. The van der Waals surface area contributed by atoms with Crippen LogP contribution in [0.4, 0.5) is 0 Å². The van der Waals surface area contributed by atoms with Crippen molar-refractivity contribution in [2.45, 2.75) is 58.9 Å². The summed E-state index contributed by atoms with van der Waals surface area (Å²) in [5.41, 5.74) is 1.36. The number of ether oxygens (including phenoxy) is 1. The monoisotopic (exact) mass is 289 g/mol. The predicted octanol–water partition coefficient (Wildman–Crippen LogP) is 4.95. The molecule has 118 valence electrons. The zero-order valence-corrected chi connectivity index (χ0v) is 13.9. The molecule has 1 fully saturated rings. The van der Waals surface area contributed by atoms with Gasteiger partial charge in [0, 0.05) is 11.6 Å². The number of benzene rings is 1. The highest BCUT2D eigenvalue weighted by molar-refractivity contribution is 5.36. The zero-order valence-electron chi connectivity index (χ0n) is 13.9. The fourth-order valence-electron chi connectivity index (χ4n) is 3.54. The SMILES string of the molecule is CCCNC(c1ccccc1OCCC)C1CCCC1C. The van der Waals surface area contributed by atoms with Crippen molar-refractivity contribution in [3.63, 3.8) is 0 Å². The minimum absolute atomic E-state index is 0.440. The molecule has 0 saturated heterocycles. The highest BCUT2D eigenvalue weighted by Crippen LogP contribution is 2.42. The van der Waals surface area contributed by atoms with Gasteiger partial charge < -0.3 is 10.1 Å². The topological polar surface area (TPSA) is 21.3 Å². The summed E-state index contributed by atoms with van der Waals surface area (Å²) in [6.45, 7) is 8.69. The second kappa shape index (κ2) is 8.43. The van der Waals surface area contributed by atoms with Gasteiger partial charge in [-0.05, 0) is 43.7 Å². The second-order valence-corrected chi connectivity index (χ2v) is 6.39. The zero-order chi connectivity index (χ0) is 15.1. The Hall–Kier alpha value is -1.02. The smallest absolute Gasteiger partial charge is 0.124 e. The molecule has 1 N–H and O–H groups in total. The van der Waals surface area contributed by atoms with Crippen LogP contribution in [0.2, 0.25) is 0 Å². The van der Waals surface area contributed by atoms with E-state index in [1.807, 2.05) is 0 Å². The number of para-hydroxylation sites is 1. The van der Waals surface area contributed by atoms with Gasteiger partial charge in [0.2, 0.25) is 0 Å². The Bertz CT molecular complexity index is 418. The highest BCUT2D eigenvalue weighted by atomic mass is 16.5. The van der Waals surface area contributed by atoms with E-state index in [1.165, 1.54) is 31.2 Å². The molecule has 1 aromatic carbocycles. The lowest BCUT2D eigenvalue weighted by molar-refractivity contribution is 0.276. The molecular weight excluding hydrogens is 258 g/mol. The molecule has 0 bridgehead atoms. The van der Waals surface area contributed by atoms with E-state index in [-0.39, 0.29) is 0 Å². The third-order valence-electron chi connectivity index (χ3n) is 4.69. The third kappa shape index (κ3) is 4.23. The van der Waals surface area contributed by atoms with Crippen molar-refractivity contribution in [2.75, 3.05) is 13.2 Å². The van der Waals surface area contributed by atoms with Gasteiger partial charge in [-0.15, -0.1) is 0 Å². The molecular formula is C19H31NO. The van der Waals surface area contributed by atoms with Gasteiger partial charge in [0.25, 0.3) is 0 Å². The first-order chi connectivity index (χ1) is 10.3. The molecule has 2 nitrogen and oxygen atoms in total. The Labute approximate surface area is 130 Å². The Morgan fingerprint density at radius 1 is 1.19 bits per heavy atom. The van der Waals surface area contributed by atoms with Crippen molar-refractivity contribution < 1.29 is 4.74 Å². The van der Waals surface area contributed by atoms with Gasteiger partial charge in [-0.2, -0.15) is 0 Å². The van der Waals surface area contributed by atoms with Crippen LogP contribution in [0.25, 0.3) is 0 Å². The average molecular weight is 289 g/mol. The lowest BCUT2D eigenvalue weighted by Gasteiger charge is -2.30. The molecule has 3 unspecified atom stereocenters. The number of hydrogen-bond acceptors (Lipinski definition) is 2. The first-order valence-corrected chi connectivity index (χ1v) is 8.73. The quantitative estimate of drug-likeness (QED) is 0.731. The van der Waals surface area contributed by atoms with E-state index in [4.69, 9.17) is 4.74 Å². The Kier molecular flexibility index (Phi) is 6.56. The summed E-state index contributed by atoms with van der Waals surface area (Å²) < 4.78 is 6.00. The largest absolute Gasteiger partial charge is 0.493 e. The van der Waals surface area contributed by atoms with E-state index in [0.29, 0.717) is 6.04 Å². The van der Waals surface area contributed by atoms with Crippen molar-refractivity contribution >= 4 is 0 Å². The summed E-state index contributed by atoms with van der Waals surface area (Å²) in [7, 11) is 0. The highest BCUT2D eigenvalue weighted by Gasteiger charge is 2.32. The van der Waals surface area contributed by atoms with Crippen LogP contribution in [0.3, 0.4) is 0 Å². The number of hydrogen-bond donors (Lipinski definition) is 1. The van der Waals surface area contributed by atoms with Crippen LogP contribution in [0.5, 0.6) is 5.75 Å². The predicted molar refractivity (Wildman–Crippen MR) is 89.8 cm³/mol. The Morgan fingerprint density at radius 2 is 2.00 bits per heavy atom. The minimum Gasteiger partial charge on any atom is -0.493 e. The van der Waals surface area contributed by atoms with Gasteiger partial charge >= 0.3 is 0 Å². The van der Waals surface area contributed by atoms with Gasteiger partial charge in [0.05, 0.1) is 6.61 Å². The molecule has 21 heavy (non-hydrogen) atoms. The maximum atomic E-state index is 6.00. The van der Waals surface area contributed by atoms with Gasteiger partial charge in [-0.3, -0.25) is 0 Å². The first-order valence-electron chi connectivity index (χ1n) is 8.73. The maximum Gasteiger partial charge on any atom is 0.124 e. The van der Waals surface area contributed by atoms with Crippen LogP contribution >= 0.6 is 0 Å². The van der Waals surface area contributed by atoms with Crippen molar-refractivity contribution in [3.8, 4) is 5.75 Å². The average Bonchev–Trinajstić information content (AvgIpc) is 2.93. The van der Waals surface area contributed by atoms with Crippen LogP contribution in [0.15, 0.2) is 24.3 Å². The van der Waals surface area contributed by atoms with E-state index in [0.717, 1.165) is 37.2 Å². The van der Waals surface area contributed by atoms with E-state index < -0.39 is 0 Å². The molecule has 1 aliphatic rings. The van der Waals surface area contributed by atoms with Crippen LogP contribution < -0.4 is 10.1 Å². The molecule has 0 aliphatic heterocycles.